The van der Waals surface area contributed by atoms with Crippen molar-refractivity contribution in [2.24, 2.45) is 12.8 Å². The monoisotopic (exact) mass is 1060 g/mol. The van der Waals surface area contributed by atoms with Gasteiger partial charge in [0.05, 0.1) is 147 Å². The Hall–Kier alpha value is -6.15. The van der Waals surface area contributed by atoms with Crippen molar-refractivity contribution in [3.05, 3.63) is 94.9 Å². The van der Waals surface area contributed by atoms with E-state index in [1.165, 1.54) is 22.3 Å². The van der Waals surface area contributed by atoms with Crippen LogP contribution < -0.4 is 26.0 Å². The molecule has 1 aliphatic rings. The summed E-state index contributed by atoms with van der Waals surface area (Å²) in [6.07, 6.45) is 2.90. The Morgan fingerprint density at radius 3 is 1.71 bits per heavy atom. The van der Waals surface area contributed by atoms with Crippen molar-refractivity contribution in [2.75, 3.05) is 155 Å². The molecule has 2 N–H and O–H groups in total. The molecule has 5 heterocycles. The SMILES string of the molecule is COc1ccc(-c2ccc3ncc4c(c3c2)n(-c2ccc(N3CCN(c5ncc(CCC(=O)CCOCCOCCOCCOCCOCCOCCOCCOCCN)cn5)CC3)c(C(F)(F)F)c2)c(=O)n4C)cn1. The average molecular weight is 1060 g/mol. The lowest BCUT2D eigenvalue weighted by Crippen LogP contribution is -2.47. The van der Waals surface area contributed by atoms with E-state index in [0.29, 0.717) is 165 Å². The molecule has 76 heavy (non-hydrogen) atoms. The third kappa shape index (κ3) is 16.7. The number of carbonyl (C=O) groups excluding carboxylic acids is 1. The summed E-state index contributed by atoms with van der Waals surface area (Å²) < 4.78 is 96.5. The predicted octanol–water partition coefficient (Wildman–Crippen LogP) is 5.07. The highest BCUT2D eigenvalue weighted by atomic mass is 19.4. The fourth-order valence-electron chi connectivity index (χ4n) is 8.36. The lowest BCUT2D eigenvalue weighted by Gasteiger charge is -2.37. The number of anilines is 2. The zero-order valence-electron chi connectivity index (χ0n) is 43.2. The van der Waals surface area contributed by atoms with Gasteiger partial charge >= 0.3 is 11.9 Å². The van der Waals surface area contributed by atoms with Gasteiger partial charge in [-0.05, 0) is 53.9 Å². The average Bonchev–Trinajstić information content (AvgIpc) is 3.74. The maximum atomic E-state index is 15.0. The molecule has 0 atom stereocenters. The topological polar surface area (TPSA) is 211 Å². The number of benzene rings is 2. The number of nitrogens with two attached hydrogens (primary N) is 1. The zero-order chi connectivity index (χ0) is 53.5. The molecule has 0 amide bonds. The standard InChI is InChI=1S/C53H68F3N9O11/c1-62-48-38-58-46-8-4-40(41-5-10-49(68-2)59-37-41)33-44(46)50(48)65(52(62)67)42-6-9-47(45(34-42)53(54,55)56)63-13-15-64(16-14-63)51-60-35-39(36-61-51)3-7-43(66)11-17-69-19-21-71-23-25-73-27-29-75-31-32-76-30-28-74-26-24-72-22-20-70-18-12-57/h4-6,8-10,33-38H,3,7,11-32,57H2,1-2H3. The number of carbonyl (C=O) groups is 1. The number of piperazine rings is 1. The van der Waals surface area contributed by atoms with E-state index in [-0.39, 0.29) is 43.3 Å². The molecule has 4 aromatic heterocycles. The summed E-state index contributed by atoms with van der Waals surface area (Å²) in [6.45, 7) is 9.02. The van der Waals surface area contributed by atoms with Crippen LogP contribution in [0.15, 0.2) is 78.1 Å². The molecule has 23 heteroatoms. The Morgan fingerprint density at radius 2 is 1.17 bits per heavy atom. The van der Waals surface area contributed by atoms with Crippen LogP contribution in [0.5, 0.6) is 5.88 Å². The van der Waals surface area contributed by atoms with Gasteiger partial charge in [-0.15, -0.1) is 0 Å². The summed E-state index contributed by atoms with van der Waals surface area (Å²) >= 11 is 0. The molecule has 1 fully saturated rings. The van der Waals surface area contributed by atoms with E-state index < -0.39 is 17.4 Å². The molecule has 7 rings (SSSR count). The summed E-state index contributed by atoms with van der Waals surface area (Å²) in [7, 11) is 3.10. The predicted molar refractivity (Wildman–Crippen MR) is 279 cm³/mol. The van der Waals surface area contributed by atoms with E-state index in [9.17, 15) is 22.8 Å². The van der Waals surface area contributed by atoms with Gasteiger partial charge in [-0.3, -0.25) is 18.9 Å². The van der Waals surface area contributed by atoms with Crippen LogP contribution in [0.2, 0.25) is 0 Å². The molecule has 1 saturated heterocycles. The number of halogens is 3. The summed E-state index contributed by atoms with van der Waals surface area (Å²) in [5, 5.41) is 0.594. The number of hydrogen-bond donors (Lipinski definition) is 1. The molecular weight excluding hydrogens is 996 g/mol. The van der Waals surface area contributed by atoms with Crippen LogP contribution in [0.25, 0.3) is 38.8 Å². The van der Waals surface area contributed by atoms with E-state index in [4.69, 9.17) is 48.4 Å². The van der Waals surface area contributed by atoms with Crippen LogP contribution in [0.1, 0.15) is 24.0 Å². The first-order valence-electron chi connectivity index (χ1n) is 25.4. The highest BCUT2D eigenvalue weighted by molar-refractivity contribution is 6.04. The van der Waals surface area contributed by atoms with E-state index >= 15 is 0 Å². The van der Waals surface area contributed by atoms with Crippen molar-refractivity contribution in [1.29, 1.82) is 0 Å². The lowest BCUT2D eigenvalue weighted by molar-refractivity contribution is -0.137. The number of alkyl halides is 3. The van der Waals surface area contributed by atoms with Crippen LogP contribution in [0, 0.1) is 0 Å². The molecule has 0 radical (unpaired) electrons. The van der Waals surface area contributed by atoms with Crippen molar-refractivity contribution >= 4 is 39.4 Å². The maximum Gasteiger partial charge on any atom is 0.418 e. The molecule has 0 aliphatic carbocycles. The van der Waals surface area contributed by atoms with E-state index in [1.54, 1.807) is 48.9 Å². The highest BCUT2D eigenvalue weighted by Gasteiger charge is 2.37. The van der Waals surface area contributed by atoms with Gasteiger partial charge in [-0.1, -0.05) is 6.07 Å². The number of imidazole rings is 1. The van der Waals surface area contributed by atoms with Gasteiger partial charge in [0.2, 0.25) is 11.8 Å². The van der Waals surface area contributed by atoms with Crippen molar-refractivity contribution in [1.82, 2.24) is 29.1 Å². The quantitative estimate of drug-likeness (QED) is 0.0523. The number of pyridine rings is 2. The Kier molecular flexibility index (Phi) is 22.7. The summed E-state index contributed by atoms with van der Waals surface area (Å²) in [5.74, 6) is 0.957. The molecule has 6 aromatic rings. The van der Waals surface area contributed by atoms with Gasteiger partial charge in [0.25, 0.3) is 0 Å². The van der Waals surface area contributed by atoms with Gasteiger partial charge in [0.1, 0.15) is 5.78 Å². The lowest BCUT2D eigenvalue weighted by atomic mass is 10.0. The number of aryl methyl sites for hydroxylation is 2. The molecule has 0 bridgehead atoms. The van der Waals surface area contributed by atoms with Gasteiger partial charge < -0.3 is 58.2 Å². The molecule has 0 unspecified atom stereocenters. The second-order valence-corrected chi connectivity index (χ2v) is 17.5. The summed E-state index contributed by atoms with van der Waals surface area (Å²) in [4.78, 5) is 47.9. The van der Waals surface area contributed by atoms with Gasteiger partial charge in [-0.2, -0.15) is 13.2 Å². The first kappa shape index (κ1) is 57.6. The number of hydrogen-bond acceptors (Lipinski definition) is 18. The van der Waals surface area contributed by atoms with Crippen LogP contribution in [-0.2, 0) is 62.3 Å². The fourth-order valence-corrected chi connectivity index (χ4v) is 8.36. The van der Waals surface area contributed by atoms with Gasteiger partial charge in [-0.25, -0.2) is 19.7 Å². The molecule has 412 valence electrons. The minimum atomic E-state index is -4.72. The Balaban J connectivity index is 0.772. The number of aromatic nitrogens is 6. The van der Waals surface area contributed by atoms with E-state index in [2.05, 4.69) is 19.9 Å². The van der Waals surface area contributed by atoms with Crippen molar-refractivity contribution < 1.29 is 60.6 Å². The molecule has 0 spiro atoms. The van der Waals surface area contributed by atoms with E-state index in [0.717, 1.165) is 22.8 Å². The number of fused-ring (bicyclic) bond motifs is 3. The first-order chi connectivity index (χ1) is 37.0. The largest absolute Gasteiger partial charge is 0.481 e. The van der Waals surface area contributed by atoms with E-state index in [1.807, 2.05) is 29.2 Å². The van der Waals surface area contributed by atoms with Crippen molar-refractivity contribution in [2.45, 2.75) is 25.4 Å². The number of rotatable bonds is 34. The fraction of sp³-hybridized carbons (Fsp3) is 0.509. The third-order valence-corrected chi connectivity index (χ3v) is 12.4. The molecule has 0 saturated carbocycles. The molecular formula is C53H68F3N9O11. The van der Waals surface area contributed by atoms with Crippen molar-refractivity contribution in [3.63, 3.8) is 0 Å². The Morgan fingerprint density at radius 1 is 0.618 bits per heavy atom. The van der Waals surface area contributed by atoms with Crippen LogP contribution in [0.4, 0.5) is 24.8 Å². The zero-order valence-corrected chi connectivity index (χ0v) is 43.2. The normalized spacial score (nSPS) is 13.1. The van der Waals surface area contributed by atoms with Gasteiger partial charge in [0, 0.05) is 93.9 Å². The maximum absolute atomic E-state index is 15.0. The smallest absolute Gasteiger partial charge is 0.418 e. The Labute approximate surface area is 439 Å². The number of Topliss-reactive ketones (excluding diaryl/α,β-unsaturated/α-hetero) is 1. The molecule has 1 aliphatic heterocycles. The van der Waals surface area contributed by atoms with Gasteiger partial charge in [0.15, 0.2) is 0 Å². The van der Waals surface area contributed by atoms with Crippen LogP contribution in [0.3, 0.4) is 0 Å². The van der Waals surface area contributed by atoms with Crippen LogP contribution in [-0.4, -0.2) is 180 Å². The third-order valence-electron chi connectivity index (χ3n) is 12.4. The van der Waals surface area contributed by atoms with Crippen LogP contribution >= 0.6 is 0 Å². The highest BCUT2D eigenvalue weighted by Crippen LogP contribution is 2.39. The first-order valence-corrected chi connectivity index (χ1v) is 25.4. The number of ketones is 1. The number of ether oxygens (including phenoxy) is 9. The second kappa shape index (κ2) is 30.0. The minimum Gasteiger partial charge on any atom is -0.481 e. The summed E-state index contributed by atoms with van der Waals surface area (Å²) in [5.41, 5.74) is 7.93. The number of nitrogens with zero attached hydrogens (tertiary/aromatic N) is 8. The summed E-state index contributed by atoms with van der Waals surface area (Å²) in [6, 6.07) is 13.2. The molecule has 20 nitrogen and oxygen atoms in total. The Bertz CT molecular complexity index is 2770. The minimum absolute atomic E-state index is 0.0155. The van der Waals surface area contributed by atoms with Crippen molar-refractivity contribution in [3.8, 4) is 22.7 Å². The molecule has 2 aromatic carbocycles. The second-order valence-electron chi connectivity index (χ2n) is 17.5. The number of methoxy groups -OCH3 is 1.